The molecular formula is C27H29ClN2O3. The molecule has 1 amide bonds. The molecule has 0 unspecified atom stereocenters. The molecule has 1 aliphatic rings. The Morgan fingerprint density at radius 1 is 0.909 bits per heavy atom. The van der Waals surface area contributed by atoms with E-state index in [4.69, 9.17) is 21.1 Å². The van der Waals surface area contributed by atoms with E-state index < -0.39 is 0 Å². The molecule has 1 saturated heterocycles. The van der Waals surface area contributed by atoms with Crippen LogP contribution in [0.4, 0.5) is 5.69 Å². The van der Waals surface area contributed by atoms with Crippen LogP contribution in [0.25, 0.3) is 0 Å². The molecule has 3 aromatic rings. The minimum Gasteiger partial charge on any atom is -0.495 e. The minimum atomic E-state index is 0.0878. The Hall–Kier alpha value is -3.18. The normalized spacial score (nSPS) is 13.6. The summed E-state index contributed by atoms with van der Waals surface area (Å²) in [5.41, 5.74) is 3.11. The summed E-state index contributed by atoms with van der Waals surface area (Å²) in [5, 5.41) is 0.606. The molecule has 0 radical (unpaired) electrons. The Balaban J connectivity index is 1.35. The summed E-state index contributed by atoms with van der Waals surface area (Å²) >= 11 is 6.23. The standard InChI is InChI=1S/C27H29ClN2O3/c1-32-26-10-6-5-9-24(26)29-14-16-30(17-15-29)27(31)20-22-19-23(28)11-12-25(22)33-18-13-21-7-3-2-4-8-21/h2-12,19H,13-18,20H2,1H3. The van der Waals surface area contributed by atoms with Gasteiger partial charge in [-0.2, -0.15) is 0 Å². The van der Waals surface area contributed by atoms with E-state index in [1.54, 1.807) is 13.2 Å². The molecule has 4 rings (SSSR count). The predicted molar refractivity (Wildman–Crippen MR) is 133 cm³/mol. The first-order chi connectivity index (χ1) is 16.1. The fourth-order valence-electron chi connectivity index (χ4n) is 4.11. The van der Waals surface area contributed by atoms with E-state index in [1.165, 1.54) is 5.56 Å². The van der Waals surface area contributed by atoms with Gasteiger partial charge in [0, 0.05) is 43.2 Å². The van der Waals surface area contributed by atoms with E-state index in [9.17, 15) is 4.79 Å². The number of ether oxygens (including phenoxy) is 2. The molecule has 0 atom stereocenters. The molecule has 0 saturated carbocycles. The van der Waals surface area contributed by atoms with Gasteiger partial charge in [0.05, 0.1) is 25.8 Å². The molecule has 0 aromatic heterocycles. The number of methoxy groups -OCH3 is 1. The minimum absolute atomic E-state index is 0.0878. The van der Waals surface area contributed by atoms with Crippen LogP contribution < -0.4 is 14.4 Å². The van der Waals surface area contributed by atoms with Crippen molar-refractivity contribution < 1.29 is 14.3 Å². The number of rotatable bonds is 8. The zero-order chi connectivity index (χ0) is 23.0. The second-order valence-corrected chi connectivity index (χ2v) is 8.49. The van der Waals surface area contributed by atoms with E-state index in [1.807, 2.05) is 53.4 Å². The summed E-state index contributed by atoms with van der Waals surface area (Å²) in [6.45, 7) is 3.41. The highest BCUT2D eigenvalue weighted by atomic mass is 35.5. The van der Waals surface area contributed by atoms with E-state index in [0.717, 1.165) is 42.3 Å². The number of hydrogen-bond acceptors (Lipinski definition) is 4. The Kier molecular flexibility index (Phi) is 7.74. The average molecular weight is 465 g/mol. The zero-order valence-electron chi connectivity index (χ0n) is 18.9. The lowest BCUT2D eigenvalue weighted by molar-refractivity contribution is -0.130. The lowest BCUT2D eigenvalue weighted by Crippen LogP contribution is -2.49. The second-order valence-electron chi connectivity index (χ2n) is 8.05. The van der Waals surface area contributed by atoms with Crippen LogP contribution in [0.1, 0.15) is 11.1 Å². The molecular weight excluding hydrogens is 436 g/mol. The number of benzene rings is 3. The van der Waals surface area contributed by atoms with Gasteiger partial charge in [-0.05, 0) is 35.9 Å². The van der Waals surface area contributed by atoms with Crippen molar-refractivity contribution >= 4 is 23.2 Å². The van der Waals surface area contributed by atoms with Crippen LogP contribution in [0, 0.1) is 0 Å². The van der Waals surface area contributed by atoms with Crippen molar-refractivity contribution in [3.8, 4) is 11.5 Å². The molecule has 1 aliphatic heterocycles. The number of carbonyl (C=O) groups excluding carboxylic acids is 1. The van der Waals surface area contributed by atoms with Crippen LogP contribution in [0.15, 0.2) is 72.8 Å². The first-order valence-corrected chi connectivity index (χ1v) is 11.6. The molecule has 0 bridgehead atoms. The molecule has 6 heteroatoms. The second kappa shape index (κ2) is 11.1. The van der Waals surface area contributed by atoms with Crippen molar-refractivity contribution in [3.63, 3.8) is 0 Å². The number of halogens is 1. The molecule has 0 spiro atoms. The van der Waals surface area contributed by atoms with Crippen LogP contribution in [0.2, 0.25) is 5.02 Å². The summed E-state index contributed by atoms with van der Waals surface area (Å²) in [6, 6.07) is 23.7. The van der Waals surface area contributed by atoms with Gasteiger partial charge in [0.15, 0.2) is 0 Å². The van der Waals surface area contributed by atoms with Crippen molar-refractivity contribution in [3.05, 3.63) is 88.9 Å². The summed E-state index contributed by atoms with van der Waals surface area (Å²) < 4.78 is 11.5. The highest BCUT2D eigenvalue weighted by Crippen LogP contribution is 2.29. The van der Waals surface area contributed by atoms with Crippen molar-refractivity contribution in [2.24, 2.45) is 0 Å². The van der Waals surface area contributed by atoms with Crippen molar-refractivity contribution in [2.75, 3.05) is 44.8 Å². The maximum Gasteiger partial charge on any atom is 0.227 e. The highest BCUT2D eigenvalue weighted by molar-refractivity contribution is 6.30. The van der Waals surface area contributed by atoms with Gasteiger partial charge in [-0.15, -0.1) is 0 Å². The summed E-state index contributed by atoms with van der Waals surface area (Å²) in [6.07, 6.45) is 1.08. The Bertz CT molecular complexity index is 1070. The summed E-state index contributed by atoms with van der Waals surface area (Å²) in [5.74, 6) is 1.66. The smallest absolute Gasteiger partial charge is 0.227 e. The number of anilines is 1. The van der Waals surface area contributed by atoms with Crippen molar-refractivity contribution in [1.82, 2.24) is 4.90 Å². The molecule has 0 N–H and O–H groups in total. The third kappa shape index (κ3) is 5.99. The van der Waals surface area contributed by atoms with E-state index in [0.29, 0.717) is 24.7 Å². The van der Waals surface area contributed by atoms with Crippen LogP contribution in [-0.2, 0) is 17.6 Å². The van der Waals surface area contributed by atoms with Crippen molar-refractivity contribution in [1.29, 1.82) is 0 Å². The lowest BCUT2D eigenvalue weighted by Gasteiger charge is -2.36. The number of nitrogens with zero attached hydrogens (tertiary/aromatic N) is 2. The van der Waals surface area contributed by atoms with Gasteiger partial charge in [-0.25, -0.2) is 0 Å². The largest absolute Gasteiger partial charge is 0.495 e. The molecule has 0 aliphatic carbocycles. The molecule has 33 heavy (non-hydrogen) atoms. The molecule has 3 aromatic carbocycles. The fraction of sp³-hybridized carbons (Fsp3) is 0.296. The molecule has 1 heterocycles. The summed E-state index contributed by atoms with van der Waals surface area (Å²) in [7, 11) is 1.68. The summed E-state index contributed by atoms with van der Waals surface area (Å²) in [4.78, 5) is 17.3. The van der Waals surface area contributed by atoms with Gasteiger partial charge in [-0.3, -0.25) is 4.79 Å². The predicted octanol–water partition coefficient (Wildman–Crippen LogP) is 4.86. The SMILES string of the molecule is COc1ccccc1N1CCN(C(=O)Cc2cc(Cl)ccc2OCCc2ccccc2)CC1. The number of piperazine rings is 1. The Morgan fingerprint density at radius 3 is 2.39 bits per heavy atom. The van der Waals surface area contributed by atoms with Crippen LogP contribution in [0.5, 0.6) is 11.5 Å². The fourth-order valence-corrected chi connectivity index (χ4v) is 4.31. The van der Waals surface area contributed by atoms with Gasteiger partial charge in [0.1, 0.15) is 11.5 Å². The first kappa shape index (κ1) is 23.0. The number of carbonyl (C=O) groups is 1. The number of para-hydroxylation sites is 2. The third-order valence-electron chi connectivity index (χ3n) is 5.91. The maximum absolute atomic E-state index is 13.1. The van der Waals surface area contributed by atoms with Gasteiger partial charge in [-0.1, -0.05) is 54.1 Å². The average Bonchev–Trinajstić information content (AvgIpc) is 2.86. The van der Waals surface area contributed by atoms with Crippen LogP contribution >= 0.6 is 11.6 Å². The topological polar surface area (TPSA) is 42.0 Å². The van der Waals surface area contributed by atoms with Gasteiger partial charge < -0.3 is 19.3 Å². The highest BCUT2D eigenvalue weighted by Gasteiger charge is 2.23. The van der Waals surface area contributed by atoms with Crippen LogP contribution in [-0.4, -0.2) is 50.7 Å². The van der Waals surface area contributed by atoms with Gasteiger partial charge in [0.25, 0.3) is 0 Å². The maximum atomic E-state index is 13.1. The van der Waals surface area contributed by atoms with Gasteiger partial charge >= 0.3 is 0 Å². The lowest BCUT2D eigenvalue weighted by atomic mass is 10.1. The Labute approximate surface area is 200 Å². The monoisotopic (exact) mass is 464 g/mol. The quantitative estimate of drug-likeness (QED) is 0.477. The number of amides is 1. The molecule has 172 valence electrons. The van der Waals surface area contributed by atoms with Crippen LogP contribution in [0.3, 0.4) is 0 Å². The van der Waals surface area contributed by atoms with Gasteiger partial charge in [0.2, 0.25) is 5.91 Å². The first-order valence-electron chi connectivity index (χ1n) is 11.2. The van der Waals surface area contributed by atoms with E-state index >= 15 is 0 Å². The molecule has 1 fully saturated rings. The number of hydrogen-bond donors (Lipinski definition) is 0. The van der Waals surface area contributed by atoms with E-state index in [-0.39, 0.29) is 12.3 Å². The Morgan fingerprint density at radius 2 is 1.64 bits per heavy atom. The molecule has 5 nitrogen and oxygen atoms in total. The van der Waals surface area contributed by atoms with Crippen molar-refractivity contribution in [2.45, 2.75) is 12.8 Å². The van der Waals surface area contributed by atoms with E-state index in [2.05, 4.69) is 23.1 Å². The third-order valence-corrected chi connectivity index (χ3v) is 6.15. The zero-order valence-corrected chi connectivity index (χ0v) is 19.6.